The average molecular weight is 568 g/mol. The van der Waals surface area contributed by atoms with Crippen molar-refractivity contribution in [1.82, 2.24) is 9.80 Å². The van der Waals surface area contributed by atoms with Crippen LogP contribution in [0.2, 0.25) is 5.02 Å². The summed E-state index contributed by atoms with van der Waals surface area (Å²) in [5.74, 6) is 1.98. The Labute approximate surface area is 248 Å². The van der Waals surface area contributed by atoms with Gasteiger partial charge in [0.1, 0.15) is 5.75 Å². The summed E-state index contributed by atoms with van der Waals surface area (Å²) < 4.78 is 5.28. The number of halogens is 1. The van der Waals surface area contributed by atoms with Crippen molar-refractivity contribution in [3.63, 3.8) is 0 Å². The lowest BCUT2D eigenvalue weighted by Crippen LogP contribution is -2.40. The Kier molecular flexibility index (Phi) is 8.45. The van der Waals surface area contributed by atoms with E-state index in [9.17, 15) is 4.79 Å². The number of carbonyl (C=O) groups is 1. The van der Waals surface area contributed by atoms with Crippen LogP contribution < -0.4 is 10.1 Å². The van der Waals surface area contributed by atoms with Crippen LogP contribution in [0.15, 0.2) is 84.9 Å². The number of methoxy groups -OCH3 is 1. The lowest BCUT2D eigenvalue weighted by Gasteiger charge is -2.32. The Morgan fingerprint density at radius 3 is 2.02 bits per heavy atom. The van der Waals surface area contributed by atoms with E-state index in [1.54, 1.807) is 7.11 Å². The number of nitrogens with zero attached hydrogens (tertiary/aromatic N) is 2. The number of urea groups is 1. The molecular formula is C35H38ClN3O2. The summed E-state index contributed by atoms with van der Waals surface area (Å²) in [5, 5.41) is 6.28. The van der Waals surface area contributed by atoms with E-state index in [1.807, 2.05) is 35.2 Å². The number of piperidine rings is 2. The molecule has 2 saturated heterocycles. The van der Waals surface area contributed by atoms with Gasteiger partial charge in [-0.1, -0.05) is 54.1 Å². The van der Waals surface area contributed by atoms with E-state index in [4.69, 9.17) is 16.3 Å². The van der Waals surface area contributed by atoms with Crippen molar-refractivity contribution in [3.05, 3.63) is 107 Å². The van der Waals surface area contributed by atoms with E-state index in [2.05, 4.69) is 64.8 Å². The molecule has 0 atom stereocenters. The fourth-order valence-corrected chi connectivity index (χ4v) is 6.51. The zero-order chi connectivity index (χ0) is 28.2. The SMILES string of the molecule is COc1ccc(C2CCN(C(=O)Nc3ccc4cc(CN5CCC(c6ccc(Cl)cc6)CC5)ccc4c3)CC2)cc1. The van der Waals surface area contributed by atoms with Crippen LogP contribution in [0.3, 0.4) is 0 Å². The molecule has 2 heterocycles. The molecule has 2 aliphatic rings. The molecule has 2 aliphatic heterocycles. The maximum atomic E-state index is 13.0. The summed E-state index contributed by atoms with van der Waals surface area (Å²) in [6, 6.07) is 29.6. The topological polar surface area (TPSA) is 44.8 Å². The van der Waals surface area contributed by atoms with E-state index in [1.165, 1.54) is 34.9 Å². The van der Waals surface area contributed by atoms with Crippen molar-refractivity contribution in [2.45, 2.75) is 44.1 Å². The van der Waals surface area contributed by atoms with Crippen LogP contribution in [0.1, 0.15) is 54.2 Å². The molecule has 0 aromatic heterocycles. The van der Waals surface area contributed by atoms with Crippen LogP contribution in [-0.4, -0.2) is 49.1 Å². The summed E-state index contributed by atoms with van der Waals surface area (Å²) in [6.07, 6.45) is 4.30. The molecule has 2 amide bonds. The minimum Gasteiger partial charge on any atom is -0.497 e. The minimum atomic E-state index is -0.0175. The van der Waals surface area contributed by atoms with Gasteiger partial charge in [-0.2, -0.15) is 0 Å². The van der Waals surface area contributed by atoms with E-state index >= 15 is 0 Å². The summed E-state index contributed by atoms with van der Waals surface area (Å²) in [6.45, 7) is 4.70. The number of nitrogens with one attached hydrogen (secondary N) is 1. The van der Waals surface area contributed by atoms with Gasteiger partial charge in [0, 0.05) is 30.3 Å². The molecule has 2 fully saturated rings. The lowest BCUT2D eigenvalue weighted by atomic mass is 9.89. The number of likely N-dealkylation sites (tertiary alicyclic amines) is 2. The van der Waals surface area contributed by atoms with Crippen molar-refractivity contribution in [2.24, 2.45) is 0 Å². The van der Waals surface area contributed by atoms with Gasteiger partial charge in [0.15, 0.2) is 0 Å². The molecule has 212 valence electrons. The van der Waals surface area contributed by atoms with Crippen molar-refractivity contribution in [3.8, 4) is 5.75 Å². The average Bonchev–Trinajstić information content (AvgIpc) is 3.02. The molecule has 6 heteroatoms. The number of carbonyl (C=O) groups excluding carboxylic acids is 1. The summed E-state index contributed by atoms with van der Waals surface area (Å²) in [7, 11) is 1.69. The van der Waals surface area contributed by atoms with E-state index in [-0.39, 0.29) is 6.03 Å². The number of hydrogen-bond acceptors (Lipinski definition) is 3. The third-order valence-corrected chi connectivity index (χ3v) is 9.11. The zero-order valence-corrected chi connectivity index (χ0v) is 24.4. The van der Waals surface area contributed by atoms with Crippen molar-refractivity contribution in [1.29, 1.82) is 0 Å². The molecule has 0 bridgehead atoms. The second-order valence-corrected chi connectivity index (χ2v) is 11.9. The highest BCUT2D eigenvalue weighted by Gasteiger charge is 2.24. The molecule has 41 heavy (non-hydrogen) atoms. The molecule has 0 spiro atoms. The fourth-order valence-electron chi connectivity index (χ4n) is 6.38. The van der Waals surface area contributed by atoms with Crippen LogP contribution in [0, 0.1) is 0 Å². The number of anilines is 1. The van der Waals surface area contributed by atoms with E-state index in [0.717, 1.165) is 67.4 Å². The van der Waals surface area contributed by atoms with Gasteiger partial charge in [0.25, 0.3) is 0 Å². The third-order valence-electron chi connectivity index (χ3n) is 8.86. The van der Waals surface area contributed by atoms with Crippen LogP contribution in [-0.2, 0) is 6.54 Å². The predicted molar refractivity (Wildman–Crippen MR) is 168 cm³/mol. The lowest BCUT2D eigenvalue weighted by molar-refractivity contribution is 0.194. The first kappa shape index (κ1) is 27.6. The highest BCUT2D eigenvalue weighted by atomic mass is 35.5. The quantitative estimate of drug-likeness (QED) is 0.255. The first-order valence-corrected chi connectivity index (χ1v) is 15.1. The predicted octanol–water partition coefficient (Wildman–Crippen LogP) is 8.29. The molecule has 4 aromatic rings. The van der Waals surface area contributed by atoms with Gasteiger partial charge in [-0.05, 0) is 121 Å². The van der Waals surface area contributed by atoms with Gasteiger partial charge in [0.05, 0.1) is 7.11 Å². The van der Waals surface area contributed by atoms with E-state index < -0.39 is 0 Å². The standard InChI is InChI=1S/C35H38ClN3O2/c1-41-34-12-7-27(8-13-34)29-16-20-39(21-17-29)35(40)37-33-11-6-30-22-25(2-3-31(30)23-33)24-38-18-14-28(15-19-38)26-4-9-32(36)10-5-26/h2-13,22-23,28-29H,14-21,24H2,1H3,(H,37,40). The largest absolute Gasteiger partial charge is 0.497 e. The van der Waals surface area contributed by atoms with Crippen LogP contribution in [0.5, 0.6) is 5.75 Å². The monoisotopic (exact) mass is 567 g/mol. The van der Waals surface area contributed by atoms with Gasteiger partial charge in [-0.25, -0.2) is 4.79 Å². The van der Waals surface area contributed by atoms with Crippen LogP contribution in [0.4, 0.5) is 10.5 Å². The number of hydrogen-bond donors (Lipinski definition) is 1. The molecule has 0 radical (unpaired) electrons. The smallest absolute Gasteiger partial charge is 0.321 e. The summed E-state index contributed by atoms with van der Waals surface area (Å²) >= 11 is 6.07. The van der Waals surface area contributed by atoms with Gasteiger partial charge in [0.2, 0.25) is 0 Å². The van der Waals surface area contributed by atoms with Gasteiger partial charge in [-0.3, -0.25) is 4.90 Å². The molecule has 0 unspecified atom stereocenters. The number of rotatable bonds is 6. The highest BCUT2D eigenvalue weighted by Crippen LogP contribution is 2.31. The van der Waals surface area contributed by atoms with Gasteiger partial charge in [-0.15, -0.1) is 0 Å². The van der Waals surface area contributed by atoms with Gasteiger partial charge >= 0.3 is 6.03 Å². The molecule has 0 aliphatic carbocycles. The van der Waals surface area contributed by atoms with Crippen LogP contribution in [0.25, 0.3) is 10.8 Å². The second-order valence-electron chi connectivity index (χ2n) is 11.5. The summed E-state index contributed by atoms with van der Waals surface area (Å²) in [5.41, 5.74) is 4.90. The Bertz CT molecular complexity index is 1470. The Morgan fingerprint density at radius 1 is 0.780 bits per heavy atom. The Morgan fingerprint density at radius 2 is 1.37 bits per heavy atom. The second kappa shape index (κ2) is 12.5. The van der Waals surface area contributed by atoms with Gasteiger partial charge < -0.3 is 15.0 Å². The Hall–Kier alpha value is -3.54. The molecular weight excluding hydrogens is 530 g/mol. The maximum Gasteiger partial charge on any atom is 0.321 e. The third kappa shape index (κ3) is 6.69. The van der Waals surface area contributed by atoms with Crippen molar-refractivity contribution in [2.75, 3.05) is 38.6 Å². The minimum absolute atomic E-state index is 0.0175. The molecule has 1 N–H and O–H groups in total. The summed E-state index contributed by atoms with van der Waals surface area (Å²) in [4.78, 5) is 17.5. The normalized spacial score (nSPS) is 17.1. The molecule has 4 aromatic carbocycles. The first-order valence-electron chi connectivity index (χ1n) is 14.7. The maximum absolute atomic E-state index is 13.0. The zero-order valence-electron chi connectivity index (χ0n) is 23.7. The molecule has 5 nitrogen and oxygen atoms in total. The fraction of sp³-hybridized carbons (Fsp3) is 0.343. The van der Waals surface area contributed by atoms with Crippen molar-refractivity contribution < 1.29 is 9.53 Å². The highest BCUT2D eigenvalue weighted by molar-refractivity contribution is 6.30. The molecule has 6 rings (SSSR count). The first-order chi connectivity index (χ1) is 20.0. The van der Waals surface area contributed by atoms with Crippen LogP contribution >= 0.6 is 11.6 Å². The van der Waals surface area contributed by atoms with E-state index in [0.29, 0.717) is 11.8 Å². The van der Waals surface area contributed by atoms with Crippen molar-refractivity contribution >= 4 is 34.1 Å². The number of benzene rings is 4. The molecule has 0 saturated carbocycles. The number of ether oxygens (including phenoxy) is 1. The number of fused-ring (bicyclic) bond motifs is 1. The Balaban J connectivity index is 1.00. The number of amides is 2.